The number of pyridine rings is 1. The largest absolute Gasteiger partial charge is 0.467 e. The molecular weight excluding hydrogens is 454 g/mol. The van der Waals surface area contributed by atoms with Crippen LogP contribution in [0.15, 0.2) is 77.5 Å². The first kappa shape index (κ1) is 21.9. The van der Waals surface area contributed by atoms with Crippen LogP contribution in [0.5, 0.6) is 0 Å². The van der Waals surface area contributed by atoms with Crippen LogP contribution in [0.4, 0.5) is 5.69 Å². The molecule has 0 saturated carbocycles. The van der Waals surface area contributed by atoms with Crippen LogP contribution in [0.25, 0.3) is 21.8 Å². The van der Waals surface area contributed by atoms with Crippen LogP contribution >= 0.6 is 0 Å². The van der Waals surface area contributed by atoms with E-state index in [0.717, 1.165) is 38.8 Å². The smallest absolute Gasteiger partial charge is 0.258 e. The summed E-state index contributed by atoms with van der Waals surface area (Å²) in [6.45, 7) is 0.645. The second-order valence-corrected chi connectivity index (χ2v) is 8.92. The van der Waals surface area contributed by atoms with Gasteiger partial charge >= 0.3 is 0 Å². The molecule has 2 amide bonds. The van der Waals surface area contributed by atoms with E-state index in [-0.39, 0.29) is 11.8 Å². The molecule has 2 aromatic carbocycles. The van der Waals surface area contributed by atoms with Crippen molar-refractivity contribution in [3.8, 4) is 0 Å². The van der Waals surface area contributed by atoms with Crippen molar-refractivity contribution in [2.75, 3.05) is 12.4 Å². The van der Waals surface area contributed by atoms with Crippen molar-refractivity contribution < 1.29 is 14.0 Å². The molecule has 0 fully saturated rings. The highest BCUT2D eigenvalue weighted by Gasteiger charge is 2.37. The van der Waals surface area contributed by atoms with E-state index in [1.165, 1.54) is 6.26 Å². The van der Waals surface area contributed by atoms with E-state index in [0.29, 0.717) is 30.8 Å². The zero-order valence-electron chi connectivity index (χ0n) is 19.7. The number of hydrogen-bond acceptors (Lipinski definition) is 5. The highest BCUT2D eigenvalue weighted by atomic mass is 16.3. The number of rotatable bonds is 5. The van der Waals surface area contributed by atoms with E-state index in [1.54, 1.807) is 24.2 Å². The third-order valence-electron chi connectivity index (χ3n) is 6.85. The number of para-hydroxylation sites is 1. The van der Waals surface area contributed by atoms with Crippen LogP contribution in [0.1, 0.15) is 27.4 Å². The van der Waals surface area contributed by atoms with Crippen LogP contribution in [0.2, 0.25) is 0 Å². The molecule has 0 spiro atoms. The first-order valence-electron chi connectivity index (χ1n) is 11.9. The summed E-state index contributed by atoms with van der Waals surface area (Å²) >= 11 is 0. The fourth-order valence-corrected chi connectivity index (χ4v) is 5.01. The third-order valence-corrected chi connectivity index (χ3v) is 6.85. The standard InChI is InChI=1S/C28H25N5O3/c1-29-27(34)25-14-21-19-6-2-3-7-23(19)32-24(21)16-33(25)28(35)20-10-12-36-26(20)15-31-18-8-9-22-17(13-18)5-4-11-30-22/h2-13,25,31-32H,14-16H2,1H3,(H,29,34)/t25-/m1/s1. The summed E-state index contributed by atoms with van der Waals surface area (Å²) in [5, 5.41) is 8.18. The average Bonchev–Trinajstić information content (AvgIpc) is 3.54. The molecule has 5 aromatic rings. The number of H-pyrrole nitrogens is 1. The Morgan fingerprint density at radius 3 is 2.92 bits per heavy atom. The molecule has 1 atom stereocenters. The number of benzene rings is 2. The van der Waals surface area contributed by atoms with Crippen molar-refractivity contribution in [3.63, 3.8) is 0 Å². The molecule has 3 N–H and O–H groups in total. The first-order valence-corrected chi connectivity index (χ1v) is 11.9. The Labute approximate surface area is 207 Å². The first-order chi connectivity index (χ1) is 17.6. The van der Waals surface area contributed by atoms with E-state index in [4.69, 9.17) is 4.42 Å². The maximum atomic E-state index is 13.8. The molecule has 180 valence electrons. The minimum absolute atomic E-state index is 0.188. The summed E-state index contributed by atoms with van der Waals surface area (Å²) in [5.41, 5.74) is 5.30. The summed E-state index contributed by atoms with van der Waals surface area (Å²) in [5.74, 6) is 0.0952. The third kappa shape index (κ3) is 3.76. The average molecular weight is 480 g/mol. The van der Waals surface area contributed by atoms with Crippen LogP contribution in [0, 0.1) is 0 Å². The number of aromatic amines is 1. The van der Waals surface area contributed by atoms with Crippen LogP contribution < -0.4 is 10.6 Å². The van der Waals surface area contributed by atoms with Crippen molar-refractivity contribution in [1.29, 1.82) is 0 Å². The summed E-state index contributed by atoms with van der Waals surface area (Å²) in [7, 11) is 1.60. The van der Waals surface area contributed by atoms with Gasteiger partial charge in [0.2, 0.25) is 5.91 Å². The maximum Gasteiger partial charge on any atom is 0.258 e. The van der Waals surface area contributed by atoms with E-state index in [1.807, 2.05) is 54.6 Å². The second-order valence-electron chi connectivity index (χ2n) is 8.92. The van der Waals surface area contributed by atoms with Crippen LogP contribution in [-0.4, -0.2) is 39.8 Å². The van der Waals surface area contributed by atoms with Crippen molar-refractivity contribution in [2.45, 2.75) is 25.6 Å². The van der Waals surface area contributed by atoms with E-state index < -0.39 is 6.04 Å². The number of carbonyl (C=O) groups excluding carboxylic acids is 2. The molecule has 0 aliphatic carbocycles. The lowest BCUT2D eigenvalue weighted by Crippen LogP contribution is -2.52. The number of nitrogens with one attached hydrogen (secondary N) is 3. The zero-order valence-corrected chi connectivity index (χ0v) is 19.7. The summed E-state index contributed by atoms with van der Waals surface area (Å²) in [6, 6.07) is 18.9. The molecule has 8 nitrogen and oxygen atoms in total. The highest BCUT2D eigenvalue weighted by Crippen LogP contribution is 2.32. The van der Waals surface area contributed by atoms with Gasteiger partial charge in [0, 0.05) is 47.3 Å². The SMILES string of the molecule is CNC(=O)[C@H]1Cc2c([nH]c3ccccc23)CN1C(=O)c1ccoc1CNc1ccc2ncccc2c1. The van der Waals surface area contributed by atoms with Gasteiger partial charge < -0.3 is 24.9 Å². The fourth-order valence-electron chi connectivity index (χ4n) is 5.01. The fraction of sp³-hybridized carbons (Fsp3) is 0.179. The molecule has 0 radical (unpaired) electrons. The van der Waals surface area contributed by atoms with Gasteiger partial charge in [0.1, 0.15) is 11.8 Å². The molecule has 1 aliphatic heterocycles. The van der Waals surface area contributed by atoms with Crippen molar-refractivity contribution in [2.24, 2.45) is 0 Å². The van der Waals surface area contributed by atoms with Crippen molar-refractivity contribution >= 4 is 39.3 Å². The molecular formula is C28H25N5O3. The molecule has 3 aromatic heterocycles. The summed E-state index contributed by atoms with van der Waals surface area (Å²) in [4.78, 5) is 36.0. The van der Waals surface area contributed by atoms with Gasteiger partial charge in [-0.2, -0.15) is 0 Å². The number of anilines is 1. The minimum Gasteiger partial charge on any atom is -0.467 e. The predicted molar refractivity (Wildman–Crippen MR) is 138 cm³/mol. The van der Waals surface area contributed by atoms with Gasteiger partial charge in [0.05, 0.1) is 30.4 Å². The van der Waals surface area contributed by atoms with Crippen molar-refractivity contribution in [1.82, 2.24) is 20.2 Å². The number of hydrogen-bond donors (Lipinski definition) is 3. The quantitative estimate of drug-likeness (QED) is 0.350. The van der Waals surface area contributed by atoms with Crippen LogP contribution in [-0.2, 0) is 24.3 Å². The Morgan fingerprint density at radius 2 is 2.03 bits per heavy atom. The molecule has 0 saturated heterocycles. The number of amides is 2. The molecule has 36 heavy (non-hydrogen) atoms. The van der Waals surface area contributed by atoms with Crippen LogP contribution in [0.3, 0.4) is 0 Å². The van der Waals surface area contributed by atoms with Gasteiger partial charge in [-0.25, -0.2) is 0 Å². The molecule has 1 aliphatic rings. The van der Waals surface area contributed by atoms with E-state index >= 15 is 0 Å². The Morgan fingerprint density at radius 1 is 1.14 bits per heavy atom. The number of carbonyl (C=O) groups is 2. The predicted octanol–water partition coefficient (Wildman–Crippen LogP) is 4.23. The number of aromatic nitrogens is 2. The molecule has 8 heteroatoms. The number of fused-ring (bicyclic) bond motifs is 4. The molecule has 6 rings (SSSR count). The molecule has 4 heterocycles. The Balaban J connectivity index is 1.27. The minimum atomic E-state index is -0.613. The van der Waals surface area contributed by atoms with E-state index in [9.17, 15) is 9.59 Å². The second kappa shape index (κ2) is 8.88. The van der Waals surface area contributed by atoms with Gasteiger partial charge in [0.15, 0.2) is 0 Å². The van der Waals surface area contributed by atoms with Crippen molar-refractivity contribution in [3.05, 3.63) is 95.7 Å². The maximum absolute atomic E-state index is 13.8. The number of furan rings is 1. The lowest BCUT2D eigenvalue weighted by atomic mass is 9.95. The topological polar surface area (TPSA) is 103 Å². The van der Waals surface area contributed by atoms with Gasteiger partial charge in [-0.1, -0.05) is 24.3 Å². The number of likely N-dealkylation sites (N-methyl/N-ethyl adjacent to an activating group) is 1. The molecule has 0 unspecified atom stereocenters. The molecule has 0 bridgehead atoms. The number of nitrogens with zero attached hydrogens (tertiary/aromatic N) is 2. The Hall–Kier alpha value is -4.59. The highest BCUT2D eigenvalue weighted by molar-refractivity contribution is 5.99. The zero-order chi connectivity index (χ0) is 24.6. The lowest BCUT2D eigenvalue weighted by Gasteiger charge is -2.34. The monoisotopic (exact) mass is 479 g/mol. The summed E-state index contributed by atoms with van der Waals surface area (Å²) in [6.07, 6.45) is 3.73. The summed E-state index contributed by atoms with van der Waals surface area (Å²) < 4.78 is 5.69. The Bertz CT molecular complexity index is 1600. The van der Waals surface area contributed by atoms with Gasteiger partial charge in [-0.3, -0.25) is 14.6 Å². The lowest BCUT2D eigenvalue weighted by molar-refractivity contribution is -0.125. The Kier molecular flexibility index (Phi) is 5.41. The van der Waals surface area contributed by atoms with Gasteiger partial charge in [-0.15, -0.1) is 0 Å². The van der Waals surface area contributed by atoms with Gasteiger partial charge in [0.25, 0.3) is 5.91 Å². The normalized spacial score (nSPS) is 15.1. The van der Waals surface area contributed by atoms with E-state index in [2.05, 4.69) is 20.6 Å². The van der Waals surface area contributed by atoms with Gasteiger partial charge in [-0.05, 0) is 42.0 Å².